The van der Waals surface area contributed by atoms with Crippen LogP contribution in [-0.2, 0) is 14.8 Å². The molecule has 2 aliphatic rings. The second kappa shape index (κ2) is 8.67. The molecule has 1 amide bonds. The predicted molar refractivity (Wildman–Crippen MR) is 101 cm³/mol. The largest absolute Gasteiger partial charge is 0.339 e. The second-order valence-electron chi connectivity index (χ2n) is 7.42. The van der Waals surface area contributed by atoms with Crippen LogP contribution in [0.1, 0.15) is 32.1 Å². The number of carbonyl (C=O) groups excluding carboxylic acids is 1. The first kappa shape index (κ1) is 20.2. The smallest absolute Gasteiger partial charge is 0.246 e. The zero-order valence-electron chi connectivity index (χ0n) is 15.8. The minimum absolute atomic E-state index is 0.0333. The molecule has 1 aliphatic carbocycles. The van der Waals surface area contributed by atoms with Crippen LogP contribution >= 0.6 is 0 Å². The first-order chi connectivity index (χ1) is 12.9. The van der Waals surface area contributed by atoms with E-state index in [1.807, 2.05) is 7.05 Å². The number of nitrogens with zero attached hydrogens (tertiary/aromatic N) is 3. The first-order valence-electron chi connectivity index (χ1n) is 9.62. The molecule has 0 radical (unpaired) electrons. The number of halogens is 1. The van der Waals surface area contributed by atoms with Crippen molar-refractivity contribution in [1.29, 1.82) is 0 Å². The van der Waals surface area contributed by atoms with Gasteiger partial charge in [0.1, 0.15) is 10.7 Å². The molecule has 8 heteroatoms. The fourth-order valence-corrected chi connectivity index (χ4v) is 5.42. The summed E-state index contributed by atoms with van der Waals surface area (Å²) in [7, 11) is -1.88. The first-order valence-corrected chi connectivity index (χ1v) is 11.1. The zero-order valence-corrected chi connectivity index (χ0v) is 16.6. The van der Waals surface area contributed by atoms with Crippen LogP contribution in [0.3, 0.4) is 0 Å². The standard InChI is InChI=1S/C19H28FN3O3S/c1-21(16-7-3-2-4-8-16)15-19(24)22-11-13-23(14-12-22)27(25,26)18-10-6-5-9-17(18)20/h5-6,9-10,16H,2-4,7-8,11-15H2,1H3. The molecule has 1 aromatic carbocycles. The van der Waals surface area contributed by atoms with Crippen LogP contribution in [0.2, 0.25) is 0 Å². The van der Waals surface area contributed by atoms with Crippen LogP contribution < -0.4 is 0 Å². The van der Waals surface area contributed by atoms with Gasteiger partial charge in [-0.2, -0.15) is 4.31 Å². The van der Waals surface area contributed by atoms with Gasteiger partial charge < -0.3 is 4.90 Å². The number of likely N-dealkylation sites (N-methyl/N-ethyl adjacent to an activating group) is 1. The molecule has 1 aliphatic heterocycles. The van der Waals surface area contributed by atoms with Crippen molar-refractivity contribution in [3.8, 4) is 0 Å². The number of piperazine rings is 1. The Morgan fingerprint density at radius 1 is 1.11 bits per heavy atom. The summed E-state index contributed by atoms with van der Waals surface area (Å²) in [6.07, 6.45) is 5.99. The summed E-state index contributed by atoms with van der Waals surface area (Å²) in [5.74, 6) is -0.712. The summed E-state index contributed by atoms with van der Waals surface area (Å²) in [6.45, 7) is 1.42. The Morgan fingerprint density at radius 2 is 1.74 bits per heavy atom. The third-order valence-corrected chi connectivity index (χ3v) is 7.56. The average Bonchev–Trinajstić information content (AvgIpc) is 2.69. The number of rotatable bonds is 5. The lowest BCUT2D eigenvalue weighted by Gasteiger charge is -2.36. The Kier molecular flexibility index (Phi) is 6.49. The van der Waals surface area contributed by atoms with Gasteiger partial charge in [0.15, 0.2) is 0 Å². The van der Waals surface area contributed by atoms with Gasteiger partial charge in [-0.15, -0.1) is 0 Å². The fraction of sp³-hybridized carbons (Fsp3) is 0.632. The summed E-state index contributed by atoms with van der Waals surface area (Å²) in [5.41, 5.74) is 0. The molecule has 2 fully saturated rings. The molecule has 0 aromatic heterocycles. The number of hydrogen-bond acceptors (Lipinski definition) is 4. The number of amides is 1. The molecule has 0 spiro atoms. The van der Waals surface area contributed by atoms with E-state index < -0.39 is 15.8 Å². The Labute approximate surface area is 161 Å². The highest BCUT2D eigenvalue weighted by Gasteiger charge is 2.32. The molecule has 1 heterocycles. The van der Waals surface area contributed by atoms with Crippen molar-refractivity contribution in [3.05, 3.63) is 30.1 Å². The van der Waals surface area contributed by atoms with Crippen LogP contribution in [0.5, 0.6) is 0 Å². The molecular weight excluding hydrogens is 369 g/mol. The van der Waals surface area contributed by atoms with Crippen molar-refractivity contribution in [2.45, 2.75) is 43.0 Å². The molecule has 0 unspecified atom stereocenters. The van der Waals surface area contributed by atoms with Crippen LogP contribution in [0.25, 0.3) is 0 Å². The molecule has 6 nitrogen and oxygen atoms in total. The van der Waals surface area contributed by atoms with E-state index in [1.165, 1.54) is 41.8 Å². The highest BCUT2D eigenvalue weighted by atomic mass is 32.2. The SMILES string of the molecule is CN(CC(=O)N1CCN(S(=O)(=O)c2ccccc2F)CC1)C1CCCCC1. The van der Waals surface area contributed by atoms with E-state index in [2.05, 4.69) is 4.90 Å². The van der Waals surface area contributed by atoms with E-state index in [4.69, 9.17) is 0 Å². The lowest BCUT2D eigenvalue weighted by molar-refractivity contribution is -0.134. The van der Waals surface area contributed by atoms with Crippen LogP contribution in [-0.4, -0.2) is 74.2 Å². The maximum atomic E-state index is 13.9. The van der Waals surface area contributed by atoms with Crippen molar-refractivity contribution < 1.29 is 17.6 Å². The quantitative estimate of drug-likeness (QED) is 0.762. The minimum atomic E-state index is -3.87. The van der Waals surface area contributed by atoms with Gasteiger partial charge in [-0.1, -0.05) is 31.4 Å². The van der Waals surface area contributed by atoms with Gasteiger partial charge in [0.25, 0.3) is 0 Å². The highest BCUT2D eigenvalue weighted by molar-refractivity contribution is 7.89. The van der Waals surface area contributed by atoms with Gasteiger partial charge in [-0.25, -0.2) is 12.8 Å². The van der Waals surface area contributed by atoms with Gasteiger partial charge in [-0.3, -0.25) is 9.69 Å². The Bertz CT molecular complexity index is 757. The minimum Gasteiger partial charge on any atom is -0.339 e. The molecule has 1 saturated carbocycles. The van der Waals surface area contributed by atoms with Crippen molar-refractivity contribution in [2.24, 2.45) is 0 Å². The monoisotopic (exact) mass is 397 g/mol. The molecule has 0 N–H and O–H groups in total. The van der Waals surface area contributed by atoms with E-state index in [-0.39, 0.29) is 23.9 Å². The molecule has 1 aromatic rings. The van der Waals surface area contributed by atoms with Gasteiger partial charge in [0.2, 0.25) is 15.9 Å². The summed E-state index contributed by atoms with van der Waals surface area (Å²) in [5, 5.41) is 0. The van der Waals surface area contributed by atoms with Gasteiger partial charge in [0, 0.05) is 32.2 Å². The average molecular weight is 398 g/mol. The topological polar surface area (TPSA) is 60.9 Å². The Balaban J connectivity index is 1.55. The molecule has 0 atom stereocenters. The van der Waals surface area contributed by atoms with Crippen molar-refractivity contribution in [3.63, 3.8) is 0 Å². The number of sulfonamides is 1. The summed E-state index contributed by atoms with van der Waals surface area (Å²) in [4.78, 5) is 16.1. The highest BCUT2D eigenvalue weighted by Crippen LogP contribution is 2.22. The van der Waals surface area contributed by atoms with Gasteiger partial charge >= 0.3 is 0 Å². The van der Waals surface area contributed by atoms with E-state index >= 15 is 0 Å². The third-order valence-electron chi connectivity index (χ3n) is 5.63. The Hall–Kier alpha value is -1.51. The molecular formula is C19H28FN3O3S. The van der Waals surface area contributed by atoms with E-state index in [1.54, 1.807) is 4.90 Å². The predicted octanol–water partition coefficient (Wildman–Crippen LogP) is 1.92. The van der Waals surface area contributed by atoms with E-state index in [9.17, 15) is 17.6 Å². The van der Waals surface area contributed by atoms with Crippen molar-refractivity contribution >= 4 is 15.9 Å². The van der Waals surface area contributed by atoms with E-state index in [0.717, 1.165) is 18.9 Å². The number of hydrogen-bond donors (Lipinski definition) is 0. The Morgan fingerprint density at radius 3 is 2.37 bits per heavy atom. The molecule has 27 heavy (non-hydrogen) atoms. The lowest BCUT2D eigenvalue weighted by Crippen LogP contribution is -2.53. The third kappa shape index (κ3) is 4.67. The van der Waals surface area contributed by atoms with Crippen LogP contribution in [0, 0.1) is 5.82 Å². The molecule has 3 rings (SSSR count). The van der Waals surface area contributed by atoms with Crippen LogP contribution in [0.15, 0.2) is 29.2 Å². The lowest BCUT2D eigenvalue weighted by atomic mass is 9.94. The summed E-state index contributed by atoms with van der Waals surface area (Å²) in [6, 6.07) is 5.87. The van der Waals surface area contributed by atoms with Crippen molar-refractivity contribution in [1.82, 2.24) is 14.1 Å². The zero-order chi connectivity index (χ0) is 19.4. The fourth-order valence-electron chi connectivity index (χ4n) is 3.94. The van der Waals surface area contributed by atoms with E-state index in [0.29, 0.717) is 25.7 Å². The molecule has 150 valence electrons. The maximum Gasteiger partial charge on any atom is 0.246 e. The second-order valence-corrected chi connectivity index (χ2v) is 9.33. The number of benzene rings is 1. The summed E-state index contributed by atoms with van der Waals surface area (Å²) < 4.78 is 40.4. The maximum absolute atomic E-state index is 13.9. The van der Waals surface area contributed by atoms with Crippen LogP contribution in [0.4, 0.5) is 4.39 Å². The molecule has 1 saturated heterocycles. The summed E-state index contributed by atoms with van der Waals surface area (Å²) >= 11 is 0. The number of carbonyl (C=O) groups is 1. The van der Waals surface area contributed by atoms with Crippen molar-refractivity contribution in [2.75, 3.05) is 39.8 Å². The molecule has 0 bridgehead atoms. The normalized spacial score (nSPS) is 20.2. The van der Waals surface area contributed by atoms with Gasteiger partial charge in [-0.05, 0) is 32.0 Å². The van der Waals surface area contributed by atoms with Gasteiger partial charge in [0.05, 0.1) is 6.54 Å².